The van der Waals surface area contributed by atoms with Crippen molar-refractivity contribution in [1.82, 2.24) is 5.32 Å². The van der Waals surface area contributed by atoms with Crippen LogP contribution in [0.4, 0.5) is 10.5 Å². The van der Waals surface area contributed by atoms with Gasteiger partial charge in [-0.15, -0.1) is 0 Å². The molecule has 0 bridgehead atoms. The van der Waals surface area contributed by atoms with E-state index in [4.69, 9.17) is 21.6 Å². The molecule has 1 rings (SSSR count). The number of benzene rings is 1. The number of ether oxygens (including phenoxy) is 1. The van der Waals surface area contributed by atoms with Gasteiger partial charge in [0.2, 0.25) is 0 Å². The predicted molar refractivity (Wildman–Crippen MR) is 74.1 cm³/mol. The number of carbonyl (C=O) groups excluding carboxylic acids is 1. The summed E-state index contributed by atoms with van der Waals surface area (Å²) in [4.78, 5) is 11.5. The van der Waals surface area contributed by atoms with Crippen molar-refractivity contribution in [3.05, 3.63) is 29.3 Å². The zero-order valence-electron chi connectivity index (χ0n) is 11.5. The fourth-order valence-corrected chi connectivity index (χ4v) is 1.47. The molecule has 0 atom stereocenters. The van der Waals surface area contributed by atoms with Gasteiger partial charge in [-0.05, 0) is 38.5 Å². The molecule has 0 radical (unpaired) electrons. The molecule has 1 aromatic rings. The van der Waals surface area contributed by atoms with Crippen LogP contribution < -0.4 is 22.2 Å². The Hall–Kier alpha value is -2.24. The summed E-state index contributed by atoms with van der Waals surface area (Å²) in [7, 11) is 0. The summed E-state index contributed by atoms with van der Waals surface area (Å²) in [6, 6.07) is 5.23. The van der Waals surface area contributed by atoms with Crippen LogP contribution >= 0.6 is 0 Å². The second-order valence-electron chi connectivity index (χ2n) is 5.23. The lowest BCUT2D eigenvalue weighted by molar-refractivity contribution is -0.114. The van der Waals surface area contributed by atoms with Gasteiger partial charge in [-0.2, -0.15) is 0 Å². The van der Waals surface area contributed by atoms with E-state index >= 15 is 0 Å². The summed E-state index contributed by atoms with van der Waals surface area (Å²) in [5.41, 5.74) is 12.7. The lowest BCUT2D eigenvalue weighted by Crippen LogP contribution is -2.46. The minimum Gasteiger partial charge on any atom is -0.444 e. The molecule has 6 nitrogen and oxygen atoms in total. The molecular formula is C13H21N4O2+. The van der Waals surface area contributed by atoms with Crippen LogP contribution in [0.2, 0.25) is 0 Å². The second kappa shape index (κ2) is 5.60. The average molecular weight is 265 g/mol. The first kappa shape index (κ1) is 14.8. The topological polar surface area (TPSA) is 116 Å². The smallest absolute Gasteiger partial charge is 0.407 e. The molecule has 7 N–H and O–H groups in total. The number of carbonyl (C=O) groups is 1. The van der Waals surface area contributed by atoms with Crippen LogP contribution in [0.1, 0.15) is 31.9 Å². The van der Waals surface area contributed by atoms with Gasteiger partial charge < -0.3 is 15.8 Å². The standard InChI is InChI=1S/C13H20N4O2/c1-13(2,3)19-12(18)17-7-8-4-5-9(11(15)16)10(14)6-8/h4-6H,7,14H2,1-3H3,(H3,15,16)(H,17,18)/p+1. The van der Waals surface area contributed by atoms with Gasteiger partial charge in [-0.3, -0.25) is 11.1 Å². The summed E-state index contributed by atoms with van der Waals surface area (Å²) in [5, 5.41) is 8.13. The summed E-state index contributed by atoms with van der Waals surface area (Å²) in [6.07, 6.45) is -0.472. The van der Waals surface area contributed by atoms with Crippen molar-refractivity contribution in [3.63, 3.8) is 0 Å². The minimum atomic E-state index is -0.518. The van der Waals surface area contributed by atoms with Crippen molar-refractivity contribution in [2.45, 2.75) is 32.9 Å². The van der Waals surface area contributed by atoms with Crippen molar-refractivity contribution < 1.29 is 14.9 Å². The molecular weight excluding hydrogens is 244 g/mol. The third-order valence-electron chi connectivity index (χ3n) is 2.26. The highest BCUT2D eigenvalue weighted by Crippen LogP contribution is 2.13. The molecule has 0 unspecified atom stereocenters. The molecule has 0 aromatic heterocycles. The van der Waals surface area contributed by atoms with E-state index in [-0.39, 0.29) is 5.84 Å². The predicted octanol–water partition coefficient (Wildman–Crippen LogP) is -0.242. The highest BCUT2D eigenvalue weighted by molar-refractivity contribution is 5.97. The lowest BCUT2D eigenvalue weighted by Gasteiger charge is -2.19. The van der Waals surface area contributed by atoms with Crippen LogP contribution in [0.5, 0.6) is 0 Å². The van der Waals surface area contributed by atoms with Crippen LogP contribution in [0.3, 0.4) is 0 Å². The number of rotatable bonds is 3. The highest BCUT2D eigenvalue weighted by atomic mass is 16.6. The largest absolute Gasteiger partial charge is 0.444 e. The number of hydrogen-bond donors (Lipinski definition) is 4. The van der Waals surface area contributed by atoms with Crippen molar-refractivity contribution in [2.75, 3.05) is 5.73 Å². The van der Waals surface area contributed by atoms with Crippen molar-refractivity contribution in [3.8, 4) is 0 Å². The normalized spacial score (nSPS) is 10.9. The Morgan fingerprint density at radius 2 is 2.05 bits per heavy atom. The maximum Gasteiger partial charge on any atom is 0.407 e. The molecule has 0 aliphatic carbocycles. The Morgan fingerprint density at radius 3 is 2.53 bits per heavy atom. The van der Waals surface area contributed by atoms with E-state index in [1.807, 2.05) is 0 Å². The van der Waals surface area contributed by atoms with E-state index in [1.165, 1.54) is 0 Å². The van der Waals surface area contributed by atoms with Gasteiger partial charge >= 0.3 is 6.09 Å². The molecule has 0 fully saturated rings. The number of hydrogen-bond acceptors (Lipinski definition) is 3. The summed E-state index contributed by atoms with van der Waals surface area (Å²) >= 11 is 0. The van der Waals surface area contributed by atoms with E-state index in [9.17, 15) is 4.79 Å². The third-order valence-corrected chi connectivity index (χ3v) is 2.26. The van der Waals surface area contributed by atoms with Gasteiger partial charge in [-0.1, -0.05) is 6.07 Å². The van der Waals surface area contributed by atoms with Crippen LogP contribution in [-0.2, 0) is 11.3 Å². The van der Waals surface area contributed by atoms with Crippen molar-refractivity contribution in [2.24, 2.45) is 5.73 Å². The van der Waals surface area contributed by atoms with Gasteiger partial charge in [0.05, 0.1) is 5.56 Å². The number of nitrogens with two attached hydrogens (primary N) is 3. The van der Waals surface area contributed by atoms with Gasteiger partial charge in [0.1, 0.15) is 5.60 Å². The molecule has 0 aliphatic rings. The van der Waals surface area contributed by atoms with E-state index < -0.39 is 11.7 Å². The quantitative estimate of drug-likeness (QED) is 0.343. The Bertz CT molecular complexity index is 492. The summed E-state index contributed by atoms with van der Waals surface area (Å²) < 4.78 is 5.13. The van der Waals surface area contributed by atoms with Crippen LogP contribution in [0.15, 0.2) is 18.2 Å². The fourth-order valence-electron chi connectivity index (χ4n) is 1.47. The molecule has 1 aromatic carbocycles. The Balaban J connectivity index is 2.62. The first-order chi connectivity index (χ1) is 8.69. The van der Waals surface area contributed by atoms with Gasteiger partial charge in [0.15, 0.2) is 0 Å². The Labute approximate surface area is 112 Å². The molecule has 0 saturated carbocycles. The van der Waals surface area contributed by atoms with Crippen molar-refractivity contribution in [1.29, 1.82) is 0 Å². The van der Waals surface area contributed by atoms with Crippen LogP contribution in [0.25, 0.3) is 0 Å². The SMILES string of the molecule is CC(C)(C)OC(=O)NCc1ccc(C(N)=[NH2+])c(N)c1. The number of anilines is 1. The summed E-state index contributed by atoms with van der Waals surface area (Å²) in [5.74, 6) is 0.171. The maximum atomic E-state index is 11.5. The molecule has 0 aliphatic heterocycles. The monoisotopic (exact) mass is 265 g/mol. The number of alkyl carbamates (subject to hydrolysis) is 1. The molecule has 0 heterocycles. The molecule has 6 heteroatoms. The first-order valence-electron chi connectivity index (χ1n) is 5.92. The van der Waals surface area contributed by atoms with Crippen LogP contribution in [0, 0.1) is 0 Å². The zero-order valence-corrected chi connectivity index (χ0v) is 11.5. The van der Waals surface area contributed by atoms with E-state index in [2.05, 4.69) is 5.32 Å². The third kappa shape index (κ3) is 4.87. The average Bonchev–Trinajstić information content (AvgIpc) is 2.23. The number of nitrogens with one attached hydrogen (secondary N) is 1. The van der Waals surface area contributed by atoms with Crippen molar-refractivity contribution >= 4 is 17.6 Å². The second-order valence-corrected chi connectivity index (χ2v) is 5.23. The number of nitrogen functional groups attached to an aromatic ring is 1. The lowest BCUT2D eigenvalue weighted by atomic mass is 10.1. The highest BCUT2D eigenvalue weighted by Gasteiger charge is 2.15. The summed E-state index contributed by atoms with van der Waals surface area (Å²) in [6.45, 7) is 5.74. The molecule has 19 heavy (non-hydrogen) atoms. The van der Waals surface area contributed by atoms with Gasteiger partial charge in [-0.25, -0.2) is 4.79 Å². The molecule has 104 valence electrons. The molecule has 0 spiro atoms. The molecule has 1 amide bonds. The molecule has 0 saturated heterocycles. The van der Waals surface area contributed by atoms with E-state index in [0.29, 0.717) is 17.8 Å². The van der Waals surface area contributed by atoms with Crippen LogP contribution in [-0.4, -0.2) is 17.5 Å². The first-order valence-corrected chi connectivity index (χ1v) is 5.92. The van der Waals surface area contributed by atoms with E-state index in [0.717, 1.165) is 5.56 Å². The maximum absolute atomic E-state index is 11.5. The Morgan fingerprint density at radius 1 is 1.42 bits per heavy atom. The van der Waals surface area contributed by atoms with E-state index in [1.54, 1.807) is 39.0 Å². The Kier molecular flexibility index (Phi) is 4.37. The van der Waals surface area contributed by atoms with Gasteiger partial charge in [0, 0.05) is 12.2 Å². The number of amides is 1. The van der Waals surface area contributed by atoms with Gasteiger partial charge in [0.25, 0.3) is 5.84 Å². The minimum absolute atomic E-state index is 0.171. The fraction of sp³-hybridized carbons (Fsp3) is 0.385. The number of amidine groups is 1. The zero-order chi connectivity index (χ0) is 14.6.